The van der Waals surface area contributed by atoms with Crippen molar-refractivity contribution in [2.24, 2.45) is 11.3 Å². The smallest absolute Gasteiger partial charge is 0.131 e. The lowest BCUT2D eigenvalue weighted by Gasteiger charge is -2.52. The van der Waals surface area contributed by atoms with Gasteiger partial charge in [0.15, 0.2) is 0 Å². The Hall–Kier alpha value is -2.85. The molecule has 3 atom stereocenters. The molecule has 0 aliphatic heterocycles. The Bertz CT molecular complexity index is 1310. The molecule has 3 aromatic carbocycles. The molecule has 5 rings (SSSR count). The zero-order valence-corrected chi connectivity index (χ0v) is 23.7. The van der Waals surface area contributed by atoms with Crippen molar-refractivity contribution in [1.82, 2.24) is 0 Å². The van der Waals surface area contributed by atoms with Gasteiger partial charge in [-0.2, -0.15) is 0 Å². The van der Waals surface area contributed by atoms with Crippen LogP contribution in [0.15, 0.2) is 54.6 Å². The zero-order chi connectivity index (χ0) is 27.1. The second kappa shape index (κ2) is 10.4. The van der Waals surface area contributed by atoms with Gasteiger partial charge < -0.3 is 14.2 Å². The van der Waals surface area contributed by atoms with E-state index in [1.807, 2.05) is 12.1 Å². The Morgan fingerprint density at radius 1 is 0.947 bits per heavy atom. The van der Waals surface area contributed by atoms with Crippen LogP contribution >= 0.6 is 0 Å². The Morgan fingerprint density at radius 3 is 2.39 bits per heavy atom. The summed E-state index contributed by atoms with van der Waals surface area (Å²) in [5.41, 5.74) is 6.45. The molecule has 0 bridgehead atoms. The molecule has 0 aromatic heterocycles. The fraction of sp³-hybridized carbons (Fsp3) is 0.471. The average molecular weight is 517 g/mol. The van der Waals surface area contributed by atoms with E-state index in [9.17, 15) is 0 Å². The van der Waals surface area contributed by atoms with Crippen molar-refractivity contribution in [3.05, 3.63) is 82.7 Å². The SMILES string of the molecule is COc1ccc(F)c(-c2ccc(COc3ccc4c(c3)[C@@]3(CCC4)CC[C@@H]3C)cc2[C@H](OC)C(C)(C)C)c1. The maximum absolute atomic E-state index is 15.0. The first-order valence-electron chi connectivity index (χ1n) is 13.9. The molecule has 0 radical (unpaired) electrons. The number of hydrogen-bond donors (Lipinski definition) is 0. The quantitative estimate of drug-likeness (QED) is 0.314. The molecular weight excluding hydrogens is 475 g/mol. The predicted octanol–water partition coefficient (Wildman–Crippen LogP) is 8.82. The molecule has 1 saturated carbocycles. The van der Waals surface area contributed by atoms with Crippen molar-refractivity contribution in [2.45, 2.75) is 77.9 Å². The molecule has 0 N–H and O–H groups in total. The van der Waals surface area contributed by atoms with Crippen LogP contribution in [-0.2, 0) is 23.2 Å². The van der Waals surface area contributed by atoms with Gasteiger partial charge in [0.05, 0.1) is 13.2 Å². The number of methoxy groups -OCH3 is 2. The Kier molecular flexibility index (Phi) is 7.30. The number of fused-ring (bicyclic) bond motifs is 2. The number of halogens is 1. The van der Waals surface area contributed by atoms with E-state index in [0.717, 1.165) is 28.4 Å². The summed E-state index contributed by atoms with van der Waals surface area (Å²) in [7, 11) is 3.31. The van der Waals surface area contributed by atoms with Crippen molar-refractivity contribution < 1.29 is 18.6 Å². The molecule has 0 amide bonds. The zero-order valence-electron chi connectivity index (χ0n) is 23.7. The topological polar surface area (TPSA) is 27.7 Å². The standard InChI is InChI=1S/C34H41FO3/c1-22-15-17-34(22)16-7-8-24-10-11-26(20-30(24)34)38-21-23-9-13-27(28-19-25(36-5)12-14-31(28)35)29(18-23)32(37-6)33(2,3)4/h9-14,18-20,22,32H,7-8,15-17,21H2,1-6H3/t22-,32-,34-/m0/s1. The van der Waals surface area contributed by atoms with Gasteiger partial charge in [0.25, 0.3) is 0 Å². The van der Waals surface area contributed by atoms with Crippen molar-refractivity contribution in [3.8, 4) is 22.6 Å². The number of rotatable bonds is 7. The monoisotopic (exact) mass is 516 g/mol. The second-order valence-electron chi connectivity index (χ2n) is 12.3. The molecule has 202 valence electrons. The van der Waals surface area contributed by atoms with Gasteiger partial charge in [0.1, 0.15) is 23.9 Å². The number of ether oxygens (including phenoxy) is 3. The van der Waals surface area contributed by atoms with E-state index in [1.54, 1.807) is 26.4 Å². The van der Waals surface area contributed by atoms with Gasteiger partial charge in [-0.1, -0.05) is 45.9 Å². The van der Waals surface area contributed by atoms with Crippen LogP contribution in [0.1, 0.15) is 81.7 Å². The average Bonchev–Trinajstić information content (AvgIpc) is 2.90. The highest BCUT2D eigenvalue weighted by molar-refractivity contribution is 5.70. The number of aryl methyl sites for hydroxylation is 1. The molecule has 4 heteroatoms. The van der Waals surface area contributed by atoms with Crippen molar-refractivity contribution in [2.75, 3.05) is 14.2 Å². The van der Waals surface area contributed by atoms with Crippen molar-refractivity contribution >= 4 is 0 Å². The van der Waals surface area contributed by atoms with Gasteiger partial charge in [-0.05, 0) is 113 Å². The molecule has 0 unspecified atom stereocenters. The first-order chi connectivity index (χ1) is 18.2. The number of benzene rings is 3. The van der Waals surface area contributed by atoms with Crippen LogP contribution in [0, 0.1) is 17.2 Å². The van der Waals surface area contributed by atoms with Crippen LogP contribution in [0.3, 0.4) is 0 Å². The summed E-state index contributed by atoms with van der Waals surface area (Å²) in [6.45, 7) is 9.26. The van der Waals surface area contributed by atoms with Gasteiger partial charge in [0, 0.05) is 12.7 Å². The van der Waals surface area contributed by atoms with Crippen molar-refractivity contribution in [3.63, 3.8) is 0 Å². The molecule has 0 heterocycles. The summed E-state index contributed by atoms with van der Waals surface area (Å²) in [6.07, 6.45) is 6.13. The second-order valence-corrected chi connectivity index (χ2v) is 12.3. The van der Waals surface area contributed by atoms with Crippen LogP contribution in [-0.4, -0.2) is 14.2 Å². The highest BCUT2D eigenvalue weighted by atomic mass is 19.1. The van der Waals surface area contributed by atoms with E-state index >= 15 is 4.39 Å². The summed E-state index contributed by atoms with van der Waals surface area (Å²) in [5.74, 6) is 2.00. The van der Waals surface area contributed by atoms with Gasteiger partial charge in [0.2, 0.25) is 0 Å². The molecule has 0 saturated heterocycles. The van der Waals surface area contributed by atoms with Crippen LogP contribution in [0.25, 0.3) is 11.1 Å². The fourth-order valence-electron chi connectivity index (χ4n) is 6.72. The maximum atomic E-state index is 15.0. The van der Waals surface area contributed by atoms with Gasteiger partial charge in [-0.3, -0.25) is 0 Å². The number of hydrogen-bond acceptors (Lipinski definition) is 3. The van der Waals surface area contributed by atoms with Gasteiger partial charge >= 0.3 is 0 Å². The maximum Gasteiger partial charge on any atom is 0.131 e. The third kappa shape index (κ3) is 4.84. The summed E-state index contributed by atoms with van der Waals surface area (Å²) < 4.78 is 32.8. The van der Waals surface area contributed by atoms with E-state index < -0.39 is 0 Å². The highest BCUT2D eigenvalue weighted by Crippen LogP contribution is 2.55. The first kappa shape index (κ1) is 26.7. The van der Waals surface area contributed by atoms with E-state index in [2.05, 4.69) is 52.0 Å². The Morgan fingerprint density at radius 2 is 1.74 bits per heavy atom. The Labute approximate surface area is 227 Å². The normalized spacial score (nSPS) is 21.5. The fourth-order valence-corrected chi connectivity index (χ4v) is 6.72. The lowest BCUT2D eigenvalue weighted by Crippen LogP contribution is -2.45. The Balaban J connectivity index is 1.47. The summed E-state index contributed by atoms with van der Waals surface area (Å²) >= 11 is 0. The summed E-state index contributed by atoms with van der Waals surface area (Å²) in [6, 6.07) is 17.7. The molecule has 1 spiro atoms. The summed E-state index contributed by atoms with van der Waals surface area (Å²) in [5, 5.41) is 0. The molecule has 3 aromatic rings. The highest BCUT2D eigenvalue weighted by Gasteiger charge is 2.47. The molecule has 1 fully saturated rings. The van der Waals surface area contributed by atoms with Gasteiger partial charge in [-0.15, -0.1) is 0 Å². The minimum atomic E-state index is -0.284. The lowest BCUT2D eigenvalue weighted by atomic mass is 9.52. The van der Waals surface area contributed by atoms with Crippen LogP contribution in [0.4, 0.5) is 4.39 Å². The molecule has 38 heavy (non-hydrogen) atoms. The van der Waals surface area contributed by atoms with E-state index in [1.165, 1.54) is 49.3 Å². The summed E-state index contributed by atoms with van der Waals surface area (Å²) in [4.78, 5) is 0. The van der Waals surface area contributed by atoms with Crippen LogP contribution in [0.5, 0.6) is 11.5 Å². The minimum Gasteiger partial charge on any atom is -0.497 e. The van der Waals surface area contributed by atoms with Crippen LogP contribution in [0.2, 0.25) is 0 Å². The molecular formula is C34H41FO3. The van der Waals surface area contributed by atoms with Crippen molar-refractivity contribution in [1.29, 1.82) is 0 Å². The van der Waals surface area contributed by atoms with E-state index in [-0.39, 0.29) is 17.3 Å². The predicted molar refractivity (Wildman–Crippen MR) is 151 cm³/mol. The first-order valence-corrected chi connectivity index (χ1v) is 13.9. The lowest BCUT2D eigenvalue weighted by molar-refractivity contribution is 0.0155. The molecule has 2 aliphatic carbocycles. The van der Waals surface area contributed by atoms with Crippen LogP contribution < -0.4 is 9.47 Å². The minimum absolute atomic E-state index is 0.190. The third-order valence-electron chi connectivity index (χ3n) is 8.94. The van der Waals surface area contributed by atoms with E-state index in [4.69, 9.17) is 14.2 Å². The molecule has 3 nitrogen and oxygen atoms in total. The molecule has 2 aliphatic rings. The van der Waals surface area contributed by atoms with E-state index in [0.29, 0.717) is 23.3 Å². The largest absolute Gasteiger partial charge is 0.497 e. The van der Waals surface area contributed by atoms with Gasteiger partial charge in [-0.25, -0.2) is 4.39 Å². The third-order valence-corrected chi connectivity index (χ3v) is 8.94.